The molecule has 0 fully saturated rings. The number of carbonyl (C=O) groups excluding carboxylic acids is 1. The molecule has 0 spiro atoms. The monoisotopic (exact) mass is 596 g/mol. The molecular weight excluding hydrogens is 541 g/mol. The first-order chi connectivity index (χ1) is 14.8. The normalized spacial score (nSPS) is 14.9. The summed E-state index contributed by atoms with van der Waals surface area (Å²) in [4.78, 5) is 13.7. The lowest BCUT2D eigenvalue weighted by Gasteiger charge is -2.62. The van der Waals surface area contributed by atoms with Crippen LogP contribution in [0.15, 0.2) is 12.2 Å². The smallest absolute Gasteiger partial charge is 0.333 e. The SMILES string of the molecule is C=C(C(=O)OCCC[SiH3])C([Si](C)(C)O[Si](C)(C)C)([Si](C)(C)O[Si](C)(C)C)[Si](C)(C)O[Si](C)(C)C. The van der Waals surface area contributed by atoms with E-state index in [1.807, 2.05) is 0 Å². The summed E-state index contributed by atoms with van der Waals surface area (Å²) in [7, 11) is -12.8. The molecule has 0 rings (SSSR count). The molecule has 12 heteroatoms. The minimum Gasteiger partial charge on any atom is -0.462 e. The number of rotatable bonds is 14. The van der Waals surface area contributed by atoms with E-state index in [1.165, 1.54) is 0 Å². The molecule has 5 nitrogen and oxygen atoms in total. The molecule has 0 aliphatic heterocycles. The molecule has 0 saturated heterocycles. The van der Waals surface area contributed by atoms with Crippen molar-refractivity contribution < 1.29 is 21.9 Å². The fraction of sp³-hybridized carbons (Fsp3) is 0.864. The topological polar surface area (TPSA) is 54.0 Å². The standard InChI is InChI=1S/C22H56O5Si7/c1-20(21(23)24-18-17-19-28)22(32(11,12)25-29(2,3)4,33(13,14)26-30(5,6)7)34(15,16)27-31(8,9)10/h1,17-19H2,2-16,28H3. The molecule has 0 atom stereocenters. The van der Waals surface area contributed by atoms with E-state index in [9.17, 15) is 4.79 Å². The van der Waals surface area contributed by atoms with E-state index in [2.05, 4.69) is 105 Å². The van der Waals surface area contributed by atoms with Crippen LogP contribution in [-0.2, 0) is 21.9 Å². The van der Waals surface area contributed by atoms with E-state index in [4.69, 9.17) is 17.1 Å². The Morgan fingerprint density at radius 1 is 0.676 bits per heavy atom. The summed E-state index contributed by atoms with van der Waals surface area (Å²) in [5, 5.41) is 0. The lowest BCUT2D eigenvalue weighted by molar-refractivity contribution is -0.139. The predicted molar refractivity (Wildman–Crippen MR) is 168 cm³/mol. The van der Waals surface area contributed by atoms with Crippen LogP contribution in [0.2, 0.25) is 109 Å². The highest BCUT2D eigenvalue weighted by Gasteiger charge is 2.72. The van der Waals surface area contributed by atoms with Crippen molar-refractivity contribution in [2.45, 2.75) is 115 Å². The highest BCUT2D eigenvalue weighted by Crippen LogP contribution is 2.61. The minimum absolute atomic E-state index is 0.283. The zero-order valence-electron chi connectivity index (χ0n) is 25.4. The first-order valence-electron chi connectivity index (χ1n) is 12.7. The molecule has 0 unspecified atom stereocenters. The van der Waals surface area contributed by atoms with E-state index in [0.29, 0.717) is 12.2 Å². The van der Waals surface area contributed by atoms with Crippen molar-refractivity contribution in [3.8, 4) is 0 Å². The average molecular weight is 597 g/mol. The molecule has 0 amide bonds. The summed E-state index contributed by atoms with van der Waals surface area (Å²) in [5.74, 6) is -0.283. The lowest BCUT2D eigenvalue weighted by atomic mass is 10.3. The molecule has 0 heterocycles. The summed E-state index contributed by atoms with van der Waals surface area (Å²) in [6, 6.07) is 1.11. The Morgan fingerprint density at radius 3 is 1.21 bits per heavy atom. The zero-order chi connectivity index (χ0) is 27.6. The van der Waals surface area contributed by atoms with Gasteiger partial charge in [0.2, 0.25) is 0 Å². The second kappa shape index (κ2) is 11.6. The van der Waals surface area contributed by atoms with Crippen molar-refractivity contribution in [1.29, 1.82) is 0 Å². The Balaban J connectivity index is 7.45. The van der Waals surface area contributed by atoms with E-state index < -0.39 is 54.2 Å². The van der Waals surface area contributed by atoms with Crippen molar-refractivity contribution in [3.05, 3.63) is 12.2 Å². The van der Waals surface area contributed by atoms with Gasteiger partial charge in [-0.05, 0) is 105 Å². The highest BCUT2D eigenvalue weighted by atomic mass is 28.5. The van der Waals surface area contributed by atoms with E-state index in [0.717, 1.165) is 22.7 Å². The number of carbonyl (C=O) groups is 1. The van der Waals surface area contributed by atoms with E-state index >= 15 is 0 Å². The van der Waals surface area contributed by atoms with Crippen LogP contribution in [0.5, 0.6) is 0 Å². The quantitative estimate of drug-likeness (QED) is 0.103. The number of hydrogen-bond donors (Lipinski definition) is 0. The summed E-state index contributed by atoms with van der Waals surface area (Å²) in [5.41, 5.74) is 0.556. The molecule has 0 aliphatic rings. The summed E-state index contributed by atoms with van der Waals surface area (Å²) in [6.45, 7) is 38.8. The van der Waals surface area contributed by atoms with Gasteiger partial charge >= 0.3 is 5.97 Å². The van der Waals surface area contributed by atoms with Gasteiger partial charge in [0.25, 0.3) is 0 Å². The third-order valence-corrected chi connectivity index (χ3v) is 37.2. The van der Waals surface area contributed by atoms with Crippen LogP contribution in [0.3, 0.4) is 0 Å². The molecule has 0 saturated carbocycles. The zero-order valence-corrected chi connectivity index (χ0v) is 33.4. The van der Waals surface area contributed by atoms with E-state index in [1.54, 1.807) is 0 Å². The van der Waals surface area contributed by atoms with Crippen molar-refractivity contribution in [1.82, 2.24) is 0 Å². The van der Waals surface area contributed by atoms with Crippen LogP contribution in [0.4, 0.5) is 0 Å². The van der Waals surface area contributed by atoms with Crippen LogP contribution in [0.1, 0.15) is 6.42 Å². The van der Waals surface area contributed by atoms with Gasteiger partial charge < -0.3 is 17.1 Å². The van der Waals surface area contributed by atoms with Gasteiger partial charge in [-0.1, -0.05) is 12.6 Å². The number of hydrogen-bond acceptors (Lipinski definition) is 5. The Hall–Kier alpha value is 0.608. The molecule has 202 valence electrons. The van der Waals surface area contributed by atoms with Crippen LogP contribution < -0.4 is 0 Å². The highest BCUT2D eigenvalue weighted by molar-refractivity contribution is 7.16. The van der Waals surface area contributed by atoms with Gasteiger partial charge in [-0.25, -0.2) is 4.79 Å². The predicted octanol–water partition coefficient (Wildman–Crippen LogP) is 6.25. The van der Waals surface area contributed by atoms with Crippen molar-refractivity contribution >= 4 is 66.1 Å². The number of ether oxygens (including phenoxy) is 1. The van der Waals surface area contributed by atoms with Crippen LogP contribution in [0, 0.1) is 0 Å². The minimum atomic E-state index is -2.68. The van der Waals surface area contributed by atoms with Gasteiger partial charge in [-0.2, -0.15) is 0 Å². The molecule has 0 aromatic carbocycles. The second-order valence-corrected chi connectivity index (χ2v) is 42.8. The third kappa shape index (κ3) is 8.87. The fourth-order valence-corrected chi connectivity index (χ4v) is 49.5. The fourth-order valence-electron chi connectivity index (χ4n) is 6.34. The summed E-state index contributed by atoms with van der Waals surface area (Å²) < 4.78 is 26.7. The van der Waals surface area contributed by atoms with Crippen molar-refractivity contribution in [2.75, 3.05) is 6.61 Å². The molecule has 0 bridgehead atoms. The van der Waals surface area contributed by atoms with Crippen LogP contribution in [-0.4, -0.2) is 72.7 Å². The second-order valence-electron chi connectivity index (χ2n) is 13.9. The van der Waals surface area contributed by atoms with Gasteiger partial charge in [-0.3, -0.25) is 0 Å². The van der Waals surface area contributed by atoms with Crippen molar-refractivity contribution in [3.63, 3.8) is 0 Å². The molecule has 0 aromatic heterocycles. The molecular formula is C22H56O5Si7. The van der Waals surface area contributed by atoms with Gasteiger partial charge in [0.1, 0.15) is 0 Å². The van der Waals surface area contributed by atoms with Crippen LogP contribution in [0.25, 0.3) is 0 Å². The lowest BCUT2D eigenvalue weighted by Crippen LogP contribution is -2.76. The van der Waals surface area contributed by atoms with Crippen LogP contribution >= 0.6 is 0 Å². The average Bonchev–Trinajstić information content (AvgIpc) is 2.46. The molecule has 0 aromatic rings. The van der Waals surface area contributed by atoms with Gasteiger partial charge in [0, 0.05) is 15.8 Å². The molecule has 0 radical (unpaired) electrons. The Morgan fingerprint density at radius 2 is 0.971 bits per heavy atom. The summed E-state index contributed by atoms with van der Waals surface area (Å²) in [6.07, 6.45) is 0.906. The largest absolute Gasteiger partial charge is 0.462 e. The third-order valence-electron chi connectivity index (χ3n) is 5.82. The first-order valence-corrected chi connectivity index (χ1v) is 33.1. The molecule has 34 heavy (non-hydrogen) atoms. The van der Waals surface area contributed by atoms with Gasteiger partial charge in [0.15, 0.2) is 49.9 Å². The van der Waals surface area contributed by atoms with Gasteiger partial charge in [-0.15, -0.1) is 0 Å². The Labute approximate surface area is 221 Å². The molecule has 0 aliphatic carbocycles. The summed E-state index contributed by atoms with van der Waals surface area (Å²) >= 11 is 0. The first kappa shape index (κ1) is 34.6. The maximum atomic E-state index is 13.7. The maximum Gasteiger partial charge on any atom is 0.333 e. The Kier molecular flexibility index (Phi) is 11.8. The Bertz CT molecular complexity index is 647. The van der Waals surface area contributed by atoms with E-state index in [-0.39, 0.29) is 5.97 Å². The van der Waals surface area contributed by atoms with Crippen molar-refractivity contribution in [2.24, 2.45) is 0 Å². The number of esters is 1. The van der Waals surface area contributed by atoms with Gasteiger partial charge in [0.05, 0.1) is 10.9 Å². The maximum absolute atomic E-state index is 13.7. The molecule has 0 N–H and O–H groups in total.